The Morgan fingerprint density at radius 2 is 1.67 bits per heavy atom. The zero-order valence-corrected chi connectivity index (χ0v) is 20.3. The first kappa shape index (κ1) is 28.6. The van der Waals surface area contributed by atoms with Crippen LogP contribution in [0.25, 0.3) is 0 Å². The molecular formula is C26H22F4N4O5. The van der Waals surface area contributed by atoms with E-state index in [1.807, 2.05) is 5.43 Å². The number of nitrogens with one attached hydrogen (secondary N) is 3. The van der Waals surface area contributed by atoms with E-state index in [9.17, 15) is 31.9 Å². The average Bonchev–Trinajstić information content (AvgIpc) is 2.89. The van der Waals surface area contributed by atoms with E-state index < -0.39 is 41.9 Å². The van der Waals surface area contributed by atoms with Gasteiger partial charge in [0.1, 0.15) is 5.82 Å². The van der Waals surface area contributed by atoms with Crippen LogP contribution in [-0.2, 0) is 20.6 Å². The molecule has 0 saturated heterocycles. The normalized spacial score (nSPS) is 11.1. The molecule has 0 unspecified atom stereocenters. The molecule has 39 heavy (non-hydrogen) atoms. The Bertz CT molecular complexity index is 1380. The number of amides is 3. The van der Waals surface area contributed by atoms with Crippen molar-refractivity contribution in [3.05, 3.63) is 83.7 Å². The van der Waals surface area contributed by atoms with Crippen LogP contribution in [-0.4, -0.2) is 37.1 Å². The Labute approximate surface area is 219 Å². The van der Waals surface area contributed by atoms with Crippen molar-refractivity contribution in [2.75, 3.05) is 23.8 Å². The molecule has 0 atom stereocenters. The quantitative estimate of drug-likeness (QED) is 0.160. The Hall–Kier alpha value is -4.94. The number of carbonyl (C=O) groups excluding carboxylic acids is 3. The van der Waals surface area contributed by atoms with Crippen molar-refractivity contribution in [2.24, 2.45) is 5.10 Å². The van der Waals surface area contributed by atoms with Crippen molar-refractivity contribution < 1.29 is 41.4 Å². The van der Waals surface area contributed by atoms with Crippen molar-refractivity contribution in [1.29, 1.82) is 0 Å². The smallest absolute Gasteiger partial charge is 0.416 e. The lowest BCUT2D eigenvalue weighted by Crippen LogP contribution is -2.32. The molecule has 3 aromatic rings. The summed E-state index contributed by atoms with van der Waals surface area (Å²) >= 11 is 0. The third kappa shape index (κ3) is 8.55. The minimum atomic E-state index is -4.55. The van der Waals surface area contributed by atoms with Crippen LogP contribution in [0.4, 0.5) is 28.9 Å². The van der Waals surface area contributed by atoms with E-state index >= 15 is 0 Å². The summed E-state index contributed by atoms with van der Waals surface area (Å²) in [4.78, 5) is 36.0. The topological polar surface area (TPSA) is 118 Å². The van der Waals surface area contributed by atoms with Gasteiger partial charge in [0.25, 0.3) is 5.91 Å². The van der Waals surface area contributed by atoms with Crippen LogP contribution in [0.15, 0.2) is 71.8 Å². The van der Waals surface area contributed by atoms with Crippen molar-refractivity contribution in [3.63, 3.8) is 0 Å². The summed E-state index contributed by atoms with van der Waals surface area (Å²) in [5.74, 6) is -3.27. The van der Waals surface area contributed by atoms with Gasteiger partial charge in [-0.1, -0.05) is 18.2 Å². The summed E-state index contributed by atoms with van der Waals surface area (Å²) < 4.78 is 63.1. The predicted octanol–water partition coefficient (Wildman–Crippen LogP) is 4.35. The van der Waals surface area contributed by atoms with Crippen molar-refractivity contribution in [1.82, 2.24) is 5.43 Å². The van der Waals surface area contributed by atoms with Gasteiger partial charge in [-0.2, -0.15) is 18.3 Å². The zero-order chi connectivity index (χ0) is 28.4. The van der Waals surface area contributed by atoms with Crippen molar-refractivity contribution >= 4 is 35.3 Å². The van der Waals surface area contributed by atoms with Crippen LogP contribution in [0.3, 0.4) is 0 Å². The van der Waals surface area contributed by atoms with E-state index in [1.165, 1.54) is 54.7 Å². The molecule has 0 aliphatic rings. The fourth-order valence-corrected chi connectivity index (χ4v) is 3.06. The Morgan fingerprint density at radius 3 is 2.38 bits per heavy atom. The monoisotopic (exact) mass is 546 g/mol. The molecule has 9 nitrogen and oxygen atoms in total. The number of benzene rings is 3. The first-order chi connectivity index (χ1) is 18.6. The molecule has 3 amide bonds. The Morgan fingerprint density at radius 1 is 0.897 bits per heavy atom. The fraction of sp³-hybridized carbons (Fsp3) is 0.154. The average molecular weight is 546 g/mol. The maximum atomic E-state index is 13.6. The molecule has 3 rings (SSSR count). The second-order valence-electron chi connectivity index (χ2n) is 7.69. The van der Waals surface area contributed by atoms with E-state index in [0.29, 0.717) is 5.56 Å². The number of halogens is 4. The minimum Gasteiger partial charge on any atom is -0.490 e. The number of carbonyl (C=O) groups is 3. The zero-order valence-electron chi connectivity index (χ0n) is 20.3. The number of hydrazone groups is 1. The van der Waals surface area contributed by atoms with Crippen molar-refractivity contribution in [3.8, 4) is 11.5 Å². The lowest BCUT2D eigenvalue weighted by molar-refractivity contribution is -0.137. The molecule has 0 bridgehead atoms. The number of anilines is 2. The van der Waals surface area contributed by atoms with Crippen LogP contribution in [0, 0.1) is 5.82 Å². The van der Waals surface area contributed by atoms with Gasteiger partial charge in [0.05, 0.1) is 24.1 Å². The number of nitrogens with zero attached hydrogens (tertiary/aromatic N) is 1. The lowest BCUT2D eigenvalue weighted by atomic mass is 10.2. The highest BCUT2D eigenvalue weighted by Crippen LogP contribution is 2.31. The molecule has 0 saturated carbocycles. The Balaban J connectivity index is 1.57. The predicted molar refractivity (Wildman–Crippen MR) is 134 cm³/mol. The summed E-state index contributed by atoms with van der Waals surface area (Å²) in [6, 6.07) is 14.0. The van der Waals surface area contributed by atoms with E-state index in [1.54, 1.807) is 6.92 Å². The molecule has 0 aliphatic carbocycles. The van der Waals surface area contributed by atoms with Gasteiger partial charge in [-0.05, 0) is 61.0 Å². The number of ether oxygens (including phenoxy) is 2. The van der Waals surface area contributed by atoms with Gasteiger partial charge in [-0.3, -0.25) is 14.4 Å². The second-order valence-corrected chi connectivity index (χ2v) is 7.69. The van der Waals surface area contributed by atoms with Crippen LogP contribution >= 0.6 is 0 Å². The summed E-state index contributed by atoms with van der Waals surface area (Å²) in [5, 5.41) is 8.14. The number of alkyl halides is 3. The first-order valence-electron chi connectivity index (χ1n) is 11.3. The standard InChI is InChI=1S/C26H22F4N4O5/c1-2-38-22-12-16(14-31-34-25(37)24(36)33-20-9-4-3-8-19(20)27)10-11-21(22)39-15-23(35)32-18-7-5-6-17(13-18)26(28,29)30/h3-14H,2,15H2,1H3,(H,32,35)(H,33,36)(H,34,37)/b31-14-. The second kappa shape index (κ2) is 13.0. The molecule has 3 N–H and O–H groups in total. The van der Waals surface area contributed by atoms with Gasteiger partial charge in [0.15, 0.2) is 18.1 Å². The molecule has 3 aromatic carbocycles. The van der Waals surface area contributed by atoms with Gasteiger partial charge in [-0.25, -0.2) is 9.82 Å². The SMILES string of the molecule is CCOc1cc(/C=N\NC(=O)C(=O)Nc2ccccc2F)ccc1OCC(=O)Nc1cccc(C(F)(F)F)c1. The summed E-state index contributed by atoms with van der Waals surface area (Å²) in [7, 11) is 0. The van der Waals surface area contributed by atoms with E-state index in [0.717, 1.165) is 18.2 Å². The van der Waals surface area contributed by atoms with E-state index in [2.05, 4.69) is 15.7 Å². The Kier molecular flexibility index (Phi) is 9.57. The maximum Gasteiger partial charge on any atom is 0.416 e. The third-order valence-corrected chi connectivity index (χ3v) is 4.81. The number of hydrogen-bond acceptors (Lipinski definition) is 6. The minimum absolute atomic E-state index is 0.0420. The molecule has 0 spiro atoms. The van der Waals surface area contributed by atoms with Gasteiger partial charge in [-0.15, -0.1) is 0 Å². The van der Waals surface area contributed by atoms with Gasteiger partial charge in [0.2, 0.25) is 0 Å². The van der Waals surface area contributed by atoms with Gasteiger partial charge < -0.3 is 20.1 Å². The third-order valence-electron chi connectivity index (χ3n) is 4.81. The van der Waals surface area contributed by atoms with Gasteiger partial charge in [0, 0.05) is 5.69 Å². The van der Waals surface area contributed by atoms with Crippen LogP contribution < -0.4 is 25.5 Å². The first-order valence-corrected chi connectivity index (χ1v) is 11.3. The molecule has 0 radical (unpaired) electrons. The largest absolute Gasteiger partial charge is 0.490 e. The highest BCUT2D eigenvalue weighted by Gasteiger charge is 2.30. The molecule has 0 heterocycles. The number of hydrogen-bond donors (Lipinski definition) is 3. The van der Waals surface area contributed by atoms with Crippen molar-refractivity contribution in [2.45, 2.75) is 13.1 Å². The van der Waals surface area contributed by atoms with Crippen LogP contribution in [0.1, 0.15) is 18.1 Å². The van der Waals surface area contributed by atoms with Crippen LogP contribution in [0.5, 0.6) is 11.5 Å². The van der Waals surface area contributed by atoms with E-state index in [4.69, 9.17) is 9.47 Å². The summed E-state index contributed by atoms with van der Waals surface area (Å²) in [6.07, 6.45) is -3.34. The van der Waals surface area contributed by atoms with E-state index in [-0.39, 0.29) is 29.5 Å². The highest BCUT2D eigenvalue weighted by atomic mass is 19.4. The number of para-hydroxylation sites is 1. The molecule has 0 fully saturated rings. The van der Waals surface area contributed by atoms with Gasteiger partial charge >= 0.3 is 18.0 Å². The molecule has 0 aliphatic heterocycles. The highest BCUT2D eigenvalue weighted by molar-refractivity contribution is 6.39. The molecule has 204 valence electrons. The summed E-state index contributed by atoms with van der Waals surface area (Å²) in [6.45, 7) is 1.43. The van der Waals surface area contributed by atoms with Crippen LogP contribution in [0.2, 0.25) is 0 Å². The maximum absolute atomic E-state index is 13.6. The molecule has 0 aromatic heterocycles. The fourth-order valence-electron chi connectivity index (χ4n) is 3.06. The molecule has 13 heteroatoms. The number of rotatable bonds is 9. The lowest BCUT2D eigenvalue weighted by Gasteiger charge is -2.13. The summed E-state index contributed by atoms with van der Waals surface area (Å²) in [5.41, 5.74) is 1.33. The molecular weight excluding hydrogens is 524 g/mol.